The predicted octanol–water partition coefficient (Wildman–Crippen LogP) is 0.210. The smallest absolute Gasteiger partial charge is 0.237 e. The largest absolute Gasteiger partial charge is 0.356 e. The number of carbonyl (C=O) groups is 2. The highest BCUT2D eigenvalue weighted by molar-refractivity contribution is 6.27. The second-order valence-electron chi connectivity index (χ2n) is 4.21. The van der Waals surface area contributed by atoms with E-state index in [0.717, 1.165) is 25.9 Å². The lowest BCUT2D eigenvalue weighted by molar-refractivity contribution is -0.137. The average Bonchev–Trinajstić information content (AvgIpc) is 2.28. The number of nitrogens with one attached hydrogen (secondary N) is 1. The lowest BCUT2D eigenvalue weighted by Crippen LogP contribution is -2.53. The monoisotopic (exact) mass is 230 g/mol. The summed E-state index contributed by atoms with van der Waals surface area (Å²) >= 11 is 5.51. The molecule has 1 N–H and O–H groups in total. The lowest BCUT2D eigenvalue weighted by atomic mass is 9.80. The van der Waals surface area contributed by atoms with Crippen LogP contribution in [0.3, 0.4) is 0 Å². The second kappa shape index (κ2) is 4.39. The molecule has 0 unspecified atom stereocenters. The van der Waals surface area contributed by atoms with Crippen molar-refractivity contribution in [2.24, 2.45) is 11.8 Å². The number of carbonyl (C=O) groups excluding carboxylic acids is 2. The summed E-state index contributed by atoms with van der Waals surface area (Å²) in [5.74, 6) is 0.489. The van der Waals surface area contributed by atoms with Crippen molar-refractivity contribution in [3.8, 4) is 0 Å². The van der Waals surface area contributed by atoms with Crippen LogP contribution >= 0.6 is 11.6 Å². The summed E-state index contributed by atoms with van der Waals surface area (Å²) in [6.45, 7) is 2.07. The maximum Gasteiger partial charge on any atom is 0.237 e. The minimum absolute atomic E-state index is 0.0129. The number of piperidine rings is 2. The van der Waals surface area contributed by atoms with Crippen LogP contribution in [-0.4, -0.2) is 42.2 Å². The van der Waals surface area contributed by atoms with Crippen molar-refractivity contribution in [2.45, 2.75) is 12.8 Å². The summed E-state index contributed by atoms with van der Waals surface area (Å²) < 4.78 is 0. The van der Waals surface area contributed by atoms with Crippen LogP contribution in [0, 0.1) is 11.8 Å². The minimum Gasteiger partial charge on any atom is -0.356 e. The highest BCUT2D eigenvalue weighted by Crippen LogP contribution is 2.29. The molecule has 0 bridgehead atoms. The molecule has 84 valence electrons. The van der Waals surface area contributed by atoms with E-state index in [0.29, 0.717) is 12.5 Å². The van der Waals surface area contributed by atoms with E-state index in [-0.39, 0.29) is 23.6 Å². The van der Waals surface area contributed by atoms with Crippen LogP contribution in [0.15, 0.2) is 0 Å². The average molecular weight is 231 g/mol. The quantitative estimate of drug-likeness (QED) is 0.655. The summed E-state index contributed by atoms with van der Waals surface area (Å²) in [7, 11) is 0. The van der Waals surface area contributed by atoms with E-state index < -0.39 is 0 Å². The SMILES string of the molecule is O=C1NCC[C@H]2CCN(C(=O)CCl)C[C@@H]12. The van der Waals surface area contributed by atoms with Gasteiger partial charge in [-0.05, 0) is 18.8 Å². The molecule has 2 amide bonds. The number of nitrogens with zero attached hydrogens (tertiary/aromatic N) is 1. The topological polar surface area (TPSA) is 49.4 Å². The molecule has 0 radical (unpaired) electrons. The van der Waals surface area contributed by atoms with Crippen molar-refractivity contribution in [3.63, 3.8) is 0 Å². The van der Waals surface area contributed by atoms with E-state index in [1.54, 1.807) is 4.90 Å². The Bertz CT molecular complexity index is 283. The Morgan fingerprint density at radius 3 is 3.07 bits per heavy atom. The molecule has 2 aliphatic heterocycles. The van der Waals surface area contributed by atoms with Gasteiger partial charge in [0, 0.05) is 19.6 Å². The fourth-order valence-electron chi connectivity index (χ4n) is 2.47. The molecule has 2 saturated heterocycles. The molecule has 15 heavy (non-hydrogen) atoms. The van der Waals surface area contributed by atoms with Crippen LogP contribution in [0.1, 0.15) is 12.8 Å². The van der Waals surface area contributed by atoms with Gasteiger partial charge in [0.15, 0.2) is 0 Å². The van der Waals surface area contributed by atoms with Gasteiger partial charge >= 0.3 is 0 Å². The van der Waals surface area contributed by atoms with E-state index in [4.69, 9.17) is 11.6 Å². The molecule has 0 aliphatic carbocycles. The molecule has 2 heterocycles. The van der Waals surface area contributed by atoms with Crippen molar-refractivity contribution < 1.29 is 9.59 Å². The number of amides is 2. The Morgan fingerprint density at radius 2 is 2.33 bits per heavy atom. The molecule has 0 saturated carbocycles. The van der Waals surface area contributed by atoms with Gasteiger partial charge in [-0.2, -0.15) is 0 Å². The van der Waals surface area contributed by atoms with Crippen LogP contribution < -0.4 is 5.32 Å². The molecule has 4 nitrogen and oxygen atoms in total. The van der Waals surface area contributed by atoms with Gasteiger partial charge in [0.2, 0.25) is 11.8 Å². The number of halogens is 1. The van der Waals surface area contributed by atoms with Crippen LogP contribution in [0.2, 0.25) is 0 Å². The summed E-state index contributed by atoms with van der Waals surface area (Å²) in [6.07, 6.45) is 1.97. The Kier molecular flexibility index (Phi) is 3.14. The molecular weight excluding hydrogens is 216 g/mol. The zero-order chi connectivity index (χ0) is 10.8. The Hall–Kier alpha value is -0.770. The summed E-state index contributed by atoms with van der Waals surface area (Å²) in [6, 6.07) is 0. The maximum absolute atomic E-state index is 11.6. The van der Waals surface area contributed by atoms with Crippen LogP contribution in [0.5, 0.6) is 0 Å². The van der Waals surface area contributed by atoms with Gasteiger partial charge in [-0.3, -0.25) is 9.59 Å². The number of hydrogen-bond donors (Lipinski definition) is 1. The van der Waals surface area contributed by atoms with E-state index >= 15 is 0 Å². The first-order chi connectivity index (χ1) is 7.22. The van der Waals surface area contributed by atoms with E-state index in [2.05, 4.69) is 5.32 Å². The summed E-state index contributed by atoms with van der Waals surface area (Å²) in [5, 5.41) is 2.85. The third-order valence-electron chi connectivity index (χ3n) is 3.37. The van der Waals surface area contributed by atoms with Gasteiger partial charge < -0.3 is 10.2 Å². The van der Waals surface area contributed by atoms with Crippen molar-refractivity contribution in [1.29, 1.82) is 0 Å². The third kappa shape index (κ3) is 2.09. The predicted molar refractivity (Wildman–Crippen MR) is 56.5 cm³/mol. The fourth-order valence-corrected chi connectivity index (χ4v) is 2.64. The zero-order valence-electron chi connectivity index (χ0n) is 8.54. The molecule has 2 rings (SSSR count). The van der Waals surface area contributed by atoms with Gasteiger partial charge in [-0.15, -0.1) is 11.6 Å². The number of alkyl halides is 1. The first kappa shape index (κ1) is 10.7. The zero-order valence-corrected chi connectivity index (χ0v) is 9.29. The molecule has 2 fully saturated rings. The van der Waals surface area contributed by atoms with Gasteiger partial charge in [0.25, 0.3) is 0 Å². The van der Waals surface area contributed by atoms with Gasteiger partial charge in [0.1, 0.15) is 5.88 Å². The maximum atomic E-state index is 11.6. The molecule has 5 heteroatoms. The van der Waals surface area contributed by atoms with Crippen molar-refractivity contribution >= 4 is 23.4 Å². The summed E-state index contributed by atoms with van der Waals surface area (Å²) in [4.78, 5) is 24.7. The lowest BCUT2D eigenvalue weighted by Gasteiger charge is -2.40. The second-order valence-corrected chi connectivity index (χ2v) is 4.48. The van der Waals surface area contributed by atoms with E-state index in [9.17, 15) is 9.59 Å². The van der Waals surface area contributed by atoms with Crippen LogP contribution in [0.25, 0.3) is 0 Å². The van der Waals surface area contributed by atoms with Crippen LogP contribution in [-0.2, 0) is 9.59 Å². The number of fused-ring (bicyclic) bond motifs is 1. The summed E-state index contributed by atoms with van der Waals surface area (Å²) in [5.41, 5.74) is 0. The van der Waals surface area contributed by atoms with Gasteiger partial charge in [0.05, 0.1) is 5.92 Å². The van der Waals surface area contributed by atoms with Crippen LogP contribution in [0.4, 0.5) is 0 Å². The standard InChI is InChI=1S/C10H15ClN2O2/c11-5-9(14)13-4-2-7-1-3-12-10(15)8(7)6-13/h7-8H,1-6H2,(H,12,15)/t7-,8+/m0/s1. The highest BCUT2D eigenvalue weighted by Gasteiger charge is 2.37. The minimum atomic E-state index is -0.0616. The molecule has 0 aromatic rings. The van der Waals surface area contributed by atoms with Gasteiger partial charge in [-0.25, -0.2) is 0 Å². The van der Waals surface area contributed by atoms with E-state index in [1.165, 1.54) is 0 Å². The first-order valence-electron chi connectivity index (χ1n) is 5.34. The van der Waals surface area contributed by atoms with Crippen molar-refractivity contribution in [2.75, 3.05) is 25.5 Å². The Balaban J connectivity index is 2.02. The Labute approximate surface area is 93.9 Å². The number of rotatable bonds is 1. The van der Waals surface area contributed by atoms with Crippen molar-refractivity contribution in [3.05, 3.63) is 0 Å². The molecule has 0 aromatic carbocycles. The normalized spacial score (nSPS) is 30.7. The third-order valence-corrected chi connectivity index (χ3v) is 3.60. The molecule has 0 aromatic heterocycles. The Morgan fingerprint density at radius 1 is 1.53 bits per heavy atom. The first-order valence-corrected chi connectivity index (χ1v) is 5.87. The fraction of sp³-hybridized carbons (Fsp3) is 0.800. The van der Waals surface area contributed by atoms with Crippen molar-refractivity contribution in [1.82, 2.24) is 10.2 Å². The number of likely N-dealkylation sites (tertiary alicyclic amines) is 1. The molecular formula is C10H15ClN2O2. The molecule has 2 atom stereocenters. The van der Waals surface area contributed by atoms with Gasteiger partial charge in [-0.1, -0.05) is 0 Å². The highest BCUT2D eigenvalue weighted by atomic mass is 35.5. The molecule has 2 aliphatic rings. The number of hydrogen-bond acceptors (Lipinski definition) is 2. The molecule has 0 spiro atoms. The van der Waals surface area contributed by atoms with E-state index in [1.807, 2.05) is 0 Å².